The van der Waals surface area contributed by atoms with Crippen LogP contribution in [-0.4, -0.2) is 47.1 Å². The summed E-state index contributed by atoms with van der Waals surface area (Å²) in [5.74, 6) is -1.59. The normalized spacial score (nSPS) is 40.0. The largest absolute Gasteiger partial charge is 0.481 e. The molecule has 0 aromatic heterocycles. The number of nitrogens with one attached hydrogen (secondary N) is 1. The van der Waals surface area contributed by atoms with E-state index in [1.54, 1.807) is 0 Å². The Morgan fingerprint density at radius 3 is 2.71 bits per heavy atom. The lowest BCUT2D eigenvalue weighted by Gasteiger charge is -2.21. The summed E-state index contributed by atoms with van der Waals surface area (Å²) < 4.78 is 0. The van der Waals surface area contributed by atoms with Gasteiger partial charge in [0.1, 0.15) is 0 Å². The van der Waals surface area contributed by atoms with Crippen molar-refractivity contribution in [3.63, 3.8) is 0 Å². The molecule has 3 fully saturated rings. The van der Waals surface area contributed by atoms with E-state index in [0.29, 0.717) is 12.5 Å². The van der Waals surface area contributed by atoms with Crippen LogP contribution < -0.4 is 5.32 Å². The highest BCUT2D eigenvalue weighted by Gasteiger charge is 2.49. The predicted molar refractivity (Wildman–Crippen MR) is 60.4 cm³/mol. The molecule has 1 amide bonds. The van der Waals surface area contributed by atoms with Gasteiger partial charge in [-0.25, -0.2) is 0 Å². The molecule has 0 radical (unpaired) electrons. The van der Waals surface area contributed by atoms with Crippen LogP contribution in [0.15, 0.2) is 0 Å². The lowest BCUT2D eigenvalue weighted by atomic mass is 10.1. The van der Waals surface area contributed by atoms with E-state index in [-0.39, 0.29) is 17.9 Å². The fourth-order valence-corrected chi connectivity index (χ4v) is 3.30. The van der Waals surface area contributed by atoms with Crippen LogP contribution in [0, 0.1) is 11.8 Å². The minimum atomic E-state index is -0.834. The van der Waals surface area contributed by atoms with Gasteiger partial charge in [-0.3, -0.25) is 14.5 Å². The number of carbonyl (C=O) groups excluding carboxylic acids is 1. The van der Waals surface area contributed by atoms with Crippen LogP contribution in [0.25, 0.3) is 0 Å². The molecule has 2 unspecified atom stereocenters. The van der Waals surface area contributed by atoms with E-state index >= 15 is 0 Å². The number of carboxylic acids is 1. The molecule has 1 saturated carbocycles. The lowest BCUT2D eigenvalue weighted by molar-refractivity contribution is -0.140. The molecule has 17 heavy (non-hydrogen) atoms. The van der Waals surface area contributed by atoms with E-state index < -0.39 is 11.9 Å². The molecule has 2 heterocycles. The van der Waals surface area contributed by atoms with Gasteiger partial charge >= 0.3 is 5.97 Å². The fourth-order valence-electron chi connectivity index (χ4n) is 3.30. The Balaban J connectivity index is 1.54. The number of fused-ring (bicyclic) bond motifs is 1. The number of rotatable bonds is 3. The van der Waals surface area contributed by atoms with Crippen molar-refractivity contribution in [1.29, 1.82) is 0 Å². The third kappa shape index (κ3) is 1.92. The van der Waals surface area contributed by atoms with Crippen LogP contribution in [0.4, 0.5) is 0 Å². The summed E-state index contributed by atoms with van der Waals surface area (Å²) in [5.41, 5.74) is 0. The molecule has 1 aliphatic carbocycles. The van der Waals surface area contributed by atoms with E-state index in [1.807, 2.05) is 0 Å². The van der Waals surface area contributed by atoms with Gasteiger partial charge in [-0.2, -0.15) is 0 Å². The SMILES string of the molecule is O=C(O)[C@H]1C[C@H]1C(=O)NC1CCN2CCCC12. The van der Waals surface area contributed by atoms with Gasteiger partial charge in [-0.1, -0.05) is 0 Å². The van der Waals surface area contributed by atoms with E-state index in [0.717, 1.165) is 25.9 Å². The van der Waals surface area contributed by atoms with Crippen molar-refractivity contribution in [2.24, 2.45) is 11.8 Å². The minimum absolute atomic E-state index is 0.0452. The highest BCUT2D eigenvalue weighted by molar-refractivity contribution is 5.89. The van der Waals surface area contributed by atoms with Crippen molar-refractivity contribution >= 4 is 11.9 Å². The van der Waals surface area contributed by atoms with E-state index in [4.69, 9.17) is 5.11 Å². The second-order valence-corrected chi connectivity index (χ2v) is 5.44. The van der Waals surface area contributed by atoms with Gasteiger partial charge in [-0.05, 0) is 32.2 Å². The van der Waals surface area contributed by atoms with E-state index in [1.165, 1.54) is 6.42 Å². The number of carbonyl (C=O) groups is 2. The third-order valence-corrected chi connectivity index (χ3v) is 4.38. The summed E-state index contributed by atoms with van der Waals surface area (Å²) >= 11 is 0. The summed E-state index contributed by atoms with van der Waals surface area (Å²) in [4.78, 5) is 25.0. The zero-order valence-electron chi connectivity index (χ0n) is 9.76. The molecule has 2 aliphatic heterocycles. The van der Waals surface area contributed by atoms with Gasteiger partial charge < -0.3 is 10.4 Å². The number of hydrogen-bond acceptors (Lipinski definition) is 3. The predicted octanol–water partition coefficient (Wildman–Crippen LogP) is 0.0600. The number of hydrogen-bond donors (Lipinski definition) is 2. The van der Waals surface area contributed by atoms with E-state index in [9.17, 15) is 9.59 Å². The van der Waals surface area contributed by atoms with Crippen molar-refractivity contribution in [3.05, 3.63) is 0 Å². The van der Waals surface area contributed by atoms with Gasteiger partial charge in [0, 0.05) is 18.6 Å². The van der Waals surface area contributed by atoms with Crippen LogP contribution >= 0.6 is 0 Å². The van der Waals surface area contributed by atoms with Gasteiger partial charge in [-0.15, -0.1) is 0 Å². The fraction of sp³-hybridized carbons (Fsp3) is 0.833. The maximum Gasteiger partial charge on any atom is 0.307 e. The average molecular weight is 238 g/mol. The minimum Gasteiger partial charge on any atom is -0.481 e. The molecule has 2 N–H and O–H groups in total. The van der Waals surface area contributed by atoms with Crippen molar-refractivity contribution in [2.45, 2.75) is 37.8 Å². The van der Waals surface area contributed by atoms with Crippen molar-refractivity contribution in [1.82, 2.24) is 10.2 Å². The average Bonchev–Trinajstić information content (AvgIpc) is 2.82. The Labute approximate surface area is 100 Å². The van der Waals surface area contributed by atoms with Crippen LogP contribution in [0.2, 0.25) is 0 Å². The van der Waals surface area contributed by atoms with Crippen LogP contribution in [0.5, 0.6) is 0 Å². The van der Waals surface area contributed by atoms with E-state index in [2.05, 4.69) is 10.2 Å². The Morgan fingerprint density at radius 2 is 2.00 bits per heavy atom. The van der Waals surface area contributed by atoms with Crippen LogP contribution in [0.1, 0.15) is 25.7 Å². The first-order chi connectivity index (χ1) is 8.16. The molecule has 0 spiro atoms. The Kier molecular flexibility index (Phi) is 2.58. The zero-order valence-corrected chi connectivity index (χ0v) is 9.76. The number of amides is 1. The smallest absolute Gasteiger partial charge is 0.307 e. The molecule has 0 aromatic rings. The Morgan fingerprint density at radius 1 is 1.18 bits per heavy atom. The molecular formula is C12H18N2O3. The molecule has 94 valence electrons. The third-order valence-electron chi connectivity index (χ3n) is 4.38. The first-order valence-electron chi connectivity index (χ1n) is 6.44. The molecule has 0 aromatic carbocycles. The van der Waals surface area contributed by atoms with Crippen LogP contribution in [0.3, 0.4) is 0 Å². The summed E-state index contributed by atoms with van der Waals surface area (Å²) in [6, 6.07) is 0.751. The quantitative estimate of drug-likeness (QED) is 0.729. The van der Waals surface area contributed by atoms with Crippen molar-refractivity contribution < 1.29 is 14.7 Å². The summed E-state index contributed by atoms with van der Waals surface area (Å²) in [7, 11) is 0. The molecule has 5 heteroatoms. The molecule has 3 aliphatic rings. The Bertz CT molecular complexity index is 358. The standard InChI is InChI=1S/C12H18N2O3/c15-11(7-6-8(7)12(16)17)13-9-3-5-14-4-1-2-10(9)14/h7-10H,1-6H2,(H,13,15)(H,16,17)/t7-,8+,9?,10?/m1/s1. The summed E-state index contributed by atoms with van der Waals surface area (Å²) in [5, 5.41) is 11.8. The Hall–Kier alpha value is -1.10. The maximum atomic E-state index is 11.9. The molecule has 4 atom stereocenters. The molecule has 5 nitrogen and oxygen atoms in total. The second kappa shape index (κ2) is 3.98. The summed E-state index contributed by atoms with van der Waals surface area (Å²) in [6.45, 7) is 2.22. The summed E-state index contributed by atoms with van der Waals surface area (Å²) in [6.07, 6.45) is 3.92. The highest BCUT2D eigenvalue weighted by atomic mass is 16.4. The van der Waals surface area contributed by atoms with Gasteiger partial charge in [0.05, 0.1) is 11.8 Å². The number of nitrogens with zero attached hydrogens (tertiary/aromatic N) is 1. The highest BCUT2D eigenvalue weighted by Crippen LogP contribution is 2.39. The van der Waals surface area contributed by atoms with Crippen molar-refractivity contribution in [2.75, 3.05) is 13.1 Å². The molecule has 2 saturated heterocycles. The lowest BCUT2D eigenvalue weighted by Crippen LogP contribution is -2.43. The van der Waals surface area contributed by atoms with Crippen molar-refractivity contribution in [3.8, 4) is 0 Å². The first-order valence-corrected chi connectivity index (χ1v) is 6.44. The topological polar surface area (TPSA) is 69.6 Å². The second-order valence-electron chi connectivity index (χ2n) is 5.44. The first kappa shape index (κ1) is 11.0. The van der Waals surface area contributed by atoms with Gasteiger partial charge in [0.2, 0.25) is 5.91 Å². The maximum absolute atomic E-state index is 11.9. The van der Waals surface area contributed by atoms with Gasteiger partial charge in [0.25, 0.3) is 0 Å². The molecular weight excluding hydrogens is 220 g/mol. The van der Waals surface area contributed by atoms with Gasteiger partial charge in [0.15, 0.2) is 0 Å². The monoisotopic (exact) mass is 238 g/mol. The number of carboxylic acid groups (broad SMARTS) is 1. The zero-order chi connectivity index (χ0) is 12.0. The molecule has 0 bridgehead atoms. The number of aliphatic carboxylic acids is 1. The van der Waals surface area contributed by atoms with Crippen LogP contribution in [-0.2, 0) is 9.59 Å². The molecule has 3 rings (SSSR count).